The lowest BCUT2D eigenvalue weighted by molar-refractivity contribution is 0.0620. The Balaban J connectivity index is 1.58. The van der Waals surface area contributed by atoms with Gasteiger partial charge >= 0.3 is 0 Å². The van der Waals surface area contributed by atoms with E-state index in [1.807, 2.05) is 0 Å². The number of halogens is 1. The van der Waals surface area contributed by atoms with E-state index < -0.39 is 16.3 Å². The topological polar surface area (TPSA) is 88.3 Å². The van der Waals surface area contributed by atoms with E-state index in [1.54, 1.807) is 65.4 Å². The summed E-state index contributed by atoms with van der Waals surface area (Å²) in [4.78, 5) is 24.2. The zero-order valence-corrected chi connectivity index (χ0v) is 19.6. The van der Waals surface area contributed by atoms with E-state index in [-0.39, 0.29) is 18.3 Å². The Hall–Kier alpha value is -3.43. The van der Waals surface area contributed by atoms with Crippen LogP contribution in [0.15, 0.2) is 66.0 Å². The highest BCUT2D eigenvalue weighted by molar-refractivity contribution is 7.84. The molecule has 0 aliphatic heterocycles. The summed E-state index contributed by atoms with van der Waals surface area (Å²) in [5.41, 5.74) is 1.53. The fourth-order valence-electron chi connectivity index (χ4n) is 4.16. The van der Waals surface area contributed by atoms with Crippen molar-refractivity contribution in [3.63, 3.8) is 0 Å². The van der Waals surface area contributed by atoms with Gasteiger partial charge in [-0.1, -0.05) is 24.3 Å². The molecule has 7 nitrogen and oxygen atoms in total. The minimum absolute atomic E-state index is 0.0744. The molecule has 1 N–H and O–H groups in total. The summed E-state index contributed by atoms with van der Waals surface area (Å²) in [6, 6.07) is 11.6. The minimum atomic E-state index is -1.28. The van der Waals surface area contributed by atoms with Gasteiger partial charge in [0.2, 0.25) is 5.95 Å². The number of amides is 1. The van der Waals surface area contributed by atoms with Crippen molar-refractivity contribution in [3.8, 4) is 17.1 Å². The van der Waals surface area contributed by atoms with Crippen LogP contribution in [0.5, 0.6) is 0 Å². The zero-order valence-electron chi connectivity index (χ0n) is 18.7. The number of carbonyl (C=O) groups excluding carboxylic acids is 1. The maximum atomic E-state index is 14.2. The van der Waals surface area contributed by atoms with Gasteiger partial charge in [0.1, 0.15) is 5.82 Å². The van der Waals surface area contributed by atoms with Crippen molar-refractivity contribution < 1.29 is 18.5 Å². The largest absolute Gasteiger partial charge is 0.394 e. The van der Waals surface area contributed by atoms with Crippen molar-refractivity contribution in [2.75, 3.05) is 19.9 Å². The minimum Gasteiger partial charge on any atom is -0.394 e. The van der Waals surface area contributed by atoms with Crippen LogP contribution in [0.2, 0.25) is 0 Å². The van der Waals surface area contributed by atoms with Gasteiger partial charge in [-0.25, -0.2) is 14.4 Å². The second-order valence-corrected chi connectivity index (χ2v) is 9.90. The van der Waals surface area contributed by atoms with Gasteiger partial charge in [-0.3, -0.25) is 13.6 Å². The third kappa shape index (κ3) is 3.70. The lowest BCUT2D eigenvalue weighted by Crippen LogP contribution is -2.41. The van der Waals surface area contributed by atoms with Crippen molar-refractivity contribution in [1.29, 1.82) is 0 Å². The summed E-state index contributed by atoms with van der Waals surface area (Å²) in [6.45, 7) is -0.0744. The molecule has 2 aromatic carbocycles. The number of hydrogen-bond donors (Lipinski definition) is 1. The number of hydrogen-bond acceptors (Lipinski definition) is 5. The number of aromatic nitrogens is 3. The summed E-state index contributed by atoms with van der Waals surface area (Å²) in [7, 11) is 0.421. The average Bonchev–Trinajstić information content (AvgIpc) is 3.57. The van der Waals surface area contributed by atoms with E-state index >= 15 is 0 Å². The van der Waals surface area contributed by atoms with E-state index in [2.05, 4.69) is 9.97 Å². The lowest BCUT2D eigenvalue weighted by Gasteiger charge is -2.26. The van der Waals surface area contributed by atoms with Crippen LogP contribution in [0.4, 0.5) is 4.39 Å². The van der Waals surface area contributed by atoms with E-state index in [1.165, 1.54) is 18.5 Å². The van der Waals surface area contributed by atoms with Gasteiger partial charge in [0.05, 0.1) is 33.4 Å². The van der Waals surface area contributed by atoms with Gasteiger partial charge < -0.3 is 10.0 Å². The van der Waals surface area contributed by atoms with E-state index in [0.717, 1.165) is 18.2 Å². The first-order valence-corrected chi connectivity index (χ1v) is 12.4. The molecule has 1 aliphatic carbocycles. The number of carbonyl (C=O) groups is 1. The zero-order chi connectivity index (χ0) is 24.0. The van der Waals surface area contributed by atoms with Crippen molar-refractivity contribution in [2.45, 2.75) is 23.3 Å². The molecule has 5 rings (SSSR count). The molecule has 34 heavy (non-hydrogen) atoms. The molecule has 1 aliphatic rings. The van der Waals surface area contributed by atoms with Crippen molar-refractivity contribution in [3.05, 3.63) is 72.4 Å². The summed E-state index contributed by atoms with van der Waals surface area (Å²) in [5, 5.41) is 10.4. The predicted octanol–water partition coefficient (Wildman–Crippen LogP) is 3.56. The van der Waals surface area contributed by atoms with Gasteiger partial charge in [0.25, 0.3) is 5.91 Å². The Kier molecular flexibility index (Phi) is 5.53. The first-order valence-electron chi connectivity index (χ1n) is 10.8. The molecular weight excluding hydrogens is 455 g/mol. The normalized spacial score (nSPS) is 15.3. The van der Waals surface area contributed by atoms with Crippen molar-refractivity contribution >= 4 is 27.6 Å². The summed E-state index contributed by atoms with van der Waals surface area (Å²) >= 11 is 0. The van der Waals surface area contributed by atoms with Crippen LogP contribution < -0.4 is 0 Å². The maximum Gasteiger partial charge on any atom is 0.254 e. The number of rotatable bonds is 6. The van der Waals surface area contributed by atoms with Crippen LogP contribution in [-0.2, 0) is 10.8 Å². The molecule has 4 aromatic rings. The Labute approximate surface area is 198 Å². The third-order valence-corrected chi connectivity index (χ3v) is 7.45. The fourth-order valence-corrected chi connectivity index (χ4v) is 4.89. The molecule has 2 aromatic heterocycles. The van der Waals surface area contributed by atoms with Gasteiger partial charge in [-0.2, -0.15) is 0 Å². The van der Waals surface area contributed by atoms with Crippen LogP contribution in [0, 0.1) is 5.82 Å². The quantitative estimate of drug-likeness (QED) is 0.458. The van der Waals surface area contributed by atoms with Crippen LogP contribution in [0.1, 0.15) is 23.2 Å². The molecular formula is C25H23FN4O3S. The first-order chi connectivity index (χ1) is 16.3. The molecule has 1 amide bonds. The Bertz CT molecular complexity index is 1430. The highest BCUT2D eigenvalue weighted by atomic mass is 32.2. The van der Waals surface area contributed by atoms with Gasteiger partial charge in [-0.15, -0.1) is 0 Å². The van der Waals surface area contributed by atoms with Crippen LogP contribution in [-0.4, -0.2) is 60.1 Å². The molecule has 174 valence electrons. The van der Waals surface area contributed by atoms with E-state index in [0.29, 0.717) is 33.1 Å². The van der Waals surface area contributed by atoms with Gasteiger partial charge in [-0.05, 0) is 31.0 Å². The average molecular weight is 479 g/mol. The summed E-state index contributed by atoms with van der Waals surface area (Å²) in [5.74, 6) is -0.248. The van der Waals surface area contributed by atoms with E-state index in [4.69, 9.17) is 0 Å². The molecule has 1 unspecified atom stereocenters. The molecule has 0 spiro atoms. The first kappa shape index (κ1) is 22.4. The molecule has 0 bridgehead atoms. The molecule has 1 fully saturated rings. The molecule has 9 heteroatoms. The van der Waals surface area contributed by atoms with E-state index in [9.17, 15) is 18.5 Å². The highest BCUT2D eigenvalue weighted by Crippen LogP contribution is 2.41. The second-order valence-electron chi connectivity index (χ2n) is 8.55. The summed E-state index contributed by atoms with van der Waals surface area (Å²) < 4.78 is 28.2. The molecule has 1 saturated carbocycles. The lowest BCUT2D eigenvalue weighted by atomic mass is 10.1. The number of aliphatic hydroxyl groups excluding tert-OH is 1. The monoisotopic (exact) mass is 478 g/mol. The fraction of sp³-hybridized carbons (Fsp3) is 0.240. The molecule has 1 atom stereocenters. The van der Waals surface area contributed by atoms with Crippen molar-refractivity contribution in [1.82, 2.24) is 19.4 Å². The highest BCUT2D eigenvalue weighted by Gasteiger charge is 2.48. The van der Waals surface area contributed by atoms with Crippen molar-refractivity contribution in [2.24, 2.45) is 0 Å². The number of likely N-dealkylation sites (N-methyl/N-ethyl adjacent to an activating group) is 1. The van der Waals surface area contributed by atoms with Gasteiger partial charge in [0.15, 0.2) is 0 Å². The van der Waals surface area contributed by atoms with Crippen LogP contribution >= 0.6 is 0 Å². The maximum absolute atomic E-state index is 14.2. The number of benzene rings is 2. The smallest absolute Gasteiger partial charge is 0.254 e. The van der Waals surface area contributed by atoms with Crippen LogP contribution in [0.3, 0.4) is 0 Å². The molecule has 0 saturated heterocycles. The second kappa shape index (κ2) is 8.41. The Morgan fingerprint density at radius 1 is 1.21 bits per heavy atom. The Morgan fingerprint density at radius 3 is 2.53 bits per heavy atom. The molecule has 0 radical (unpaired) electrons. The SMILES string of the molecule is CN(C(=O)c1ccc2c(S(C)=O)cn(-c3ncc(-c4ccccc4F)cn3)c2c1)C1(CO)CC1. The third-order valence-electron chi connectivity index (χ3n) is 6.50. The summed E-state index contributed by atoms with van der Waals surface area (Å²) in [6.07, 6.45) is 7.91. The standard InChI is InChI=1S/C25H23FN4O3S/c1-29(25(15-31)9-10-25)23(32)16-7-8-19-21(11-16)30(14-22(19)34(2)33)24-27-12-17(13-28-24)18-5-3-4-6-20(18)26/h3-8,11-14,31H,9-10,15H2,1-2H3. The molecule has 2 heterocycles. The Morgan fingerprint density at radius 2 is 1.91 bits per heavy atom. The number of aliphatic hydroxyl groups is 1. The van der Waals surface area contributed by atoms with Gasteiger partial charge in [0, 0.05) is 54.0 Å². The number of fused-ring (bicyclic) bond motifs is 1. The van der Waals surface area contributed by atoms with Crippen LogP contribution in [0.25, 0.3) is 28.0 Å². The predicted molar refractivity (Wildman–Crippen MR) is 128 cm³/mol. The number of nitrogens with zero attached hydrogens (tertiary/aromatic N) is 4.